The average Bonchev–Trinajstić information content (AvgIpc) is 2.93. The fourth-order valence-corrected chi connectivity index (χ4v) is 7.54. The van der Waals surface area contributed by atoms with E-state index in [9.17, 15) is 0 Å². The standard InChI is InChI=1S/C34H45F3O/c1-3-5-7-9-22-10-12-23(13-11-22)24-14-16-25(17-15-24)27-21-28-26-18-19-29(38-20-8-6-4-2)33(36)30(26)31(28)34(37)32(27)35/h18-19,21-25H,3-17,20H2,1-2H3. The highest BCUT2D eigenvalue weighted by Crippen LogP contribution is 2.54. The molecule has 208 valence electrons. The summed E-state index contributed by atoms with van der Waals surface area (Å²) < 4.78 is 51.5. The van der Waals surface area contributed by atoms with Crippen molar-refractivity contribution in [2.24, 2.45) is 17.8 Å². The molecule has 0 spiro atoms. The maximum absolute atomic E-state index is 15.4. The van der Waals surface area contributed by atoms with Gasteiger partial charge in [0, 0.05) is 11.1 Å². The van der Waals surface area contributed by atoms with Crippen molar-refractivity contribution in [1.82, 2.24) is 0 Å². The molecule has 0 unspecified atom stereocenters. The summed E-state index contributed by atoms with van der Waals surface area (Å²) in [5.41, 5.74) is 2.06. The predicted octanol–water partition coefficient (Wildman–Crippen LogP) is 11.0. The Kier molecular flexibility index (Phi) is 9.06. The summed E-state index contributed by atoms with van der Waals surface area (Å²) in [5.74, 6) is 0.394. The summed E-state index contributed by atoms with van der Waals surface area (Å²) in [6.45, 7) is 4.80. The van der Waals surface area contributed by atoms with E-state index in [1.165, 1.54) is 51.4 Å². The van der Waals surface area contributed by atoms with Gasteiger partial charge in [0.2, 0.25) is 0 Å². The van der Waals surface area contributed by atoms with Gasteiger partial charge in [-0.15, -0.1) is 0 Å². The third kappa shape index (κ3) is 5.52. The first kappa shape index (κ1) is 27.6. The second-order valence-electron chi connectivity index (χ2n) is 12.3. The molecule has 0 aliphatic heterocycles. The Labute approximate surface area is 227 Å². The van der Waals surface area contributed by atoms with Gasteiger partial charge in [-0.2, -0.15) is 0 Å². The minimum atomic E-state index is -0.893. The van der Waals surface area contributed by atoms with Gasteiger partial charge in [-0.25, -0.2) is 13.2 Å². The third-order valence-corrected chi connectivity index (χ3v) is 9.87. The highest BCUT2D eigenvalue weighted by Gasteiger charge is 2.37. The first-order chi connectivity index (χ1) is 18.5. The fourth-order valence-electron chi connectivity index (χ4n) is 7.54. The summed E-state index contributed by atoms with van der Waals surface area (Å²) in [4.78, 5) is 0. The van der Waals surface area contributed by atoms with Crippen molar-refractivity contribution >= 4 is 0 Å². The van der Waals surface area contributed by atoms with Crippen LogP contribution in [0, 0.1) is 35.2 Å². The van der Waals surface area contributed by atoms with Crippen molar-refractivity contribution in [1.29, 1.82) is 0 Å². The molecule has 2 aromatic rings. The minimum absolute atomic E-state index is 0.0477. The highest BCUT2D eigenvalue weighted by molar-refractivity contribution is 6.03. The molecule has 2 aromatic carbocycles. The van der Waals surface area contributed by atoms with Gasteiger partial charge in [-0.1, -0.05) is 65.2 Å². The van der Waals surface area contributed by atoms with Crippen LogP contribution in [0.25, 0.3) is 22.3 Å². The molecule has 0 atom stereocenters. The van der Waals surface area contributed by atoms with E-state index in [-0.39, 0.29) is 22.8 Å². The van der Waals surface area contributed by atoms with Crippen LogP contribution in [-0.2, 0) is 0 Å². The number of rotatable bonds is 11. The van der Waals surface area contributed by atoms with Crippen molar-refractivity contribution in [3.05, 3.63) is 41.2 Å². The molecule has 0 heterocycles. The molecule has 4 heteroatoms. The number of hydrogen-bond acceptors (Lipinski definition) is 1. The maximum Gasteiger partial charge on any atom is 0.173 e. The van der Waals surface area contributed by atoms with E-state index in [0.29, 0.717) is 23.3 Å². The lowest BCUT2D eigenvalue weighted by Gasteiger charge is -2.38. The van der Waals surface area contributed by atoms with Gasteiger partial charge >= 0.3 is 0 Å². The fraction of sp³-hybridized carbons (Fsp3) is 0.647. The van der Waals surface area contributed by atoms with Crippen LogP contribution in [0.1, 0.15) is 122 Å². The predicted molar refractivity (Wildman–Crippen MR) is 150 cm³/mol. The highest BCUT2D eigenvalue weighted by atomic mass is 19.2. The molecule has 0 N–H and O–H groups in total. The summed E-state index contributed by atoms with van der Waals surface area (Å²) in [7, 11) is 0. The normalized spacial score (nSPS) is 24.4. The molecule has 0 radical (unpaired) electrons. The van der Waals surface area contributed by atoms with Gasteiger partial charge in [0.05, 0.1) is 6.61 Å². The Morgan fingerprint density at radius 1 is 0.684 bits per heavy atom. The molecule has 0 aromatic heterocycles. The van der Waals surface area contributed by atoms with Crippen molar-refractivity contribution in [2.75, 3.05) is 6.61 Å². The average molecular weight is 527 g/mol. The van der Waals surface area contributed by atoms with Crippen LogP contribution in [0.2, 0.25) is 0 Å². The second kappa shape index (κ2) is 12.5. The van der Waals surface area contributed by atoms with Gasteiger partial charge in [-0.05, 0) is 104 Å². The van der Waals surface area contributed by atoms with Crippen LogP contribution < -0.4 is 4.74 Å². The Bertz CT molecular complexity index is 1090. The van der Waals surface area contributed by atoms with E-state index in [2.05, 4.69) is 13.8 Å². The van der Waals surface area contributed by atoms with Crippen LogP contribution in [0.5, 0.6) is 5.75 Å². The Hall–Kier alpha value is -1.97. The van der Waals surface area contributed by atoms with E-state index in [1.807, 2.05) is 6.07 Å². The van der Waals surface area contributed by atoms with Crippen molar-refractivity contribution in [3.8, 4) is 28.0 Å². The van der Waals surface area contributed by atoms with E-state index in [0.717, 1.165) is 62.7 Å². The third-order valence-electron chi connectivity index (χ3n) is 9.87. The molecule has 3 aliphatic carbocycles. The van der Waals surface area contributed by atoms with Crippen molar-refractivity contribution in [2.45, 2.75) is 116 Å². The molecule has 2 saturated carbocycles. The largest absolute Gasteiger partial charge is 0.490 e. The smallest absolute Gasteiger partial charge is 0.173 e. The SMILES string of the molecule is CCCCCOc1ccc2c(c1F)-c1c-2cc(C2CCC(C3CCC(CCCCC)CC3)CC2)c(F)c1F. The van der Waals surface area contributed by atoms with Crippen LogP contribution >= 0.6 is 0 Å². The number of fused-ring (bicyclic) bond motifs is 4. The zero-order valence-corrected chi connectivity index (χ0v) is 23.4. The van der Waals surface area contributed by atoms with Crippen LogP contribution in [0.15, 0.2) is 18.2 Å². The van der Waals surface area contributed by atoms with E-state index in [1.54, 1.807) is 12.1 Å². The number of ether oxygens (including phenoxy) is 1. The Morgan fingerprint density at radius 2 is 1.32 bits per heavy atom. The lowest BCUT2D eigenvalue weighted by Crippen LogP contribution is -2.26. The monoisotopic (exact) mass is 526 g/mol. The van der Waals surface area contributed by atoms with Gasteiger partial charge < -0.3 is 4.74 Å². The molecule has 1 nitrogen and oxygen atoms in total. The summed E-state index contributed by atoms with van der Waals surface area (Å²) in [6.07, 6.45) is 17.9. The number of hydrogen-bond donors (Lipinski definition) is 0. The maximum atomic E-state index is 15.4. The van der Waals surface area contributed by atoms with Crippen molar-refractivity contribution < 1.29 is 17.9 Å². The topological polar surface area (TPSA) is 9.23 Å². The van der Waals surface area contributed by atoms with Crippen LogP contribution in [-0.4, -0.2) is 6.61 Å². The molecular formula is C34H45F3O. The molecule has 5 rings (SSSR count). The Balaban J connectivity index is 1.21. The molecule has 2 fully saturated rings. The molecular weight excluding hydrogens is 481 g/mol. The summed E-state index contributed by atoms with van der Waals surface area (Å²) in [5, 5.41) is 0. The number of unbranched alkanes of at least 4 members (excludes halogenated alkanes) is 4. The lowest BCUT2D eigenvalue weighted by molar-refractivity contribution is 0.155. The quantitative estimate of drug-likeness (QED) is 0.226. The van der Waals surface area contributed by atoms with Crippen LogP contribution in [0.4, 0.5) is 13.2 Å². The van der Waals surface area contributed by atoms with Gasteiger partial charge in [0.1, 0.15) is 0 Å². The zero-order chi connectivity index (χ0) is 26.6. The summed E-state index contributed by atoms with van der Waals surface area (Å²) >= 11 is 0. The van der Waals surface area contributed by atoms with E-state index in [4.69, 9.17) is 4.74 Å². The first-order valence-electron chi connectivity index (χ1n) is 15.5. The lowest BCUT2D eigenvalue weighted by atomic mass is 9.67. The van der Waals surface area contributed by atoms with E-state index >= 15 is 13.2 Å². The molecule has 0 amide bonds. The molecule has 3 aliphatic rings. The number of benzene rings is 2. The number of halogens is 3. The zero-order valence-electron chi connectivity index (χ0n) is 23.4. The molecule has 0 saturated heterocycles. The minimum Gasteiger partial charge on any atom is -0.490 e. The molecule has 38 heavy (non-hydrogen) atoms. The van der Waals surface area contributed by atoms with Crippen LogP contribution in [0.3, 0.4) is 0 Å². The second-order valence-corrected chi connectivity index (χ2v) is 12.3. The molecule has 0 bridgehead atoms. The van der Waals surface area contributed by atoms with Crippen molar-refractivity contribution in [3.63, 3.8) is 0 Å². The summed E-state index contributed by atoms with van der Waals surface area (Å²) in [6, 6.07) is 5.24. The van der Waals surface area contributed by atoms with E-state index < -0.39 is 17.5 Å². The first-order valence-corrected chi connectivity index (χ1v) is 15.5. The van der Waals surface area contributed by atoms with Gasteiger partial charge in [0.25, 0.3) is 0 Å². The Morgan fingerprint density at radius 3 is 2.00 bits per heavy atom. The van der Waals surface area contributed by atoms with Gasteiger partial charge in [0.15, 0.2) is 23.2 Å². The van der Waals surface area contributed by atoms with Gasteiger partial charge in [-0.3, -0.25) is 0 Å².